The quantitative estimate of drug-likeness (QED) is 0.797. The van der Waals surface area contributed by atoms with Crippen LogP contribution in [0, 0.1) is 13.8 Å². The lowest BCUT2D eigenvalue weighted by Gasteiger charge is -2.20. The smallest absolute Gasteiger partial charge is 0.140 e. The lowest BCUT2D eigenvalue weighted by molar-refractivity contribution is 0.281. The highest BCUT2D eigenvalue weighted by Crippen LogP contribution is 2.27. The van der Waals surface area contributed by atoms with Crippen molar-refractivity contribution in [2.75, 3.05) is 26.2 Å². The minimum absolute atomic E-state index is 0.940. The first-order valence-corrected chi connectivity index (χ1v) is 9.19. The Balaban J connectivity index is 1.80. The van der Waals surface area contributed by atoms with E-state index in [9.17, 15) is 0 Å². The number of imidazole rings is 1. The van der Waals surface area contributed by atoms with Crippen LogP contribution in [0.2, 0.25) is 0 Å². The monoisotopic (exact) mass is 334 g/mol. The molecule has 0 unspecified atom stereocenters. The van der Waals surface area contributed by atoms with Crippen LogP contribution in [-0.2, 0) is 6.54 Å². The van der Waals surface area contributed by atoms with Gasteiger partial charge in [0.25, 0.3) is 0 Å². The molecule has 4 rings (SSSR count). The third-order valence-corrected chi connectivity index (χ3v) is 5.08. The molecule has 0 spiro atoms. The summed E-state index contributed by atoms with van der Waals surface area (Å²) in [5.74, 6) is 0. The fourth-order valence-electron chi connectivity index (χ4n) is 3.62. The maximum Gasteiger partial charge on any atom is 0.140 e. The van der Waals surface area contributed by atoms with Crippen molar-refractivity contribution >= 4 is 5.65 Å². The molecule has 130 valence electrons. The first-order chi connectivity index (χ1) is 12.2. The van der Waals surface area contributed by atoms with E-state index in [2.05, 4.69) is 71.1 Å². The van der Waals surface area contributed by atoms with Crippen molar-refractivity contribution in [3.05, 3.63) is 59.4 Å². The minimum Gasteiger partial charge on any atom is -0.315 e. The summed E-state index contributed by atoms with van der Waals surface area (Å²) >= 11 is 0. The predicted octanol–water partition coefficient (Wildman–Crippen LogP) is 3.41. The van der Waals surface area contributed by atoms with Gasteiger partial charge in [0, 0.05) is 31.4 Å². The first kappa shape index (κ1) is 16.3. The van der Waals surface area contributed by atoms with Crippen molar-refractivity contribution < 1.29 is 0 Å². The van der Waals surface area contributed by atoms with Crippen molar-refractivity contribution in [2.24, 2.45) is 0 Å². The molecule has 1 saturated heterocycles. The summed E-state index contributed by atoms with van der Waals surface area (Å²) < 4.78 is 2.28. The zero-order valence-electron chi connectivity index (χ0n) is 15.1. The molecule has 1 aliphatic heterocycles. The van der Waals surface area contributed by atoms with E-state index >= 15 is 0 Å². The van der Waals surface area contributed by atoms with Crippen LogP contribution in [0.25, 0.3) is 16.9 Å². The molecule has 1 aliphatic rings. The van der Waals surface area contributed by atoms with Gasteiger partial charge in [0.2, 0.25) is 0 Å². The third kappa shape index (κ3) is 3.32. The fraction of sp³-hybridized carbons (Fsp3) is 0.381. The summed E-state index contributed by atoms with van der Waals surface area (Å²) in [5.41, 5.74) is 7.19. The van der Waals surface area contributed by atoms with Gasteiger partial charge in [-0.05, 0) is 45.0 Å². The van der Waals surface area contributed by atoms with Gasteiger partial charge < -0.3 is 9.72 Å². The van der Waals surface area contributed by atoms with Crippen LogP contribution in [0.5, 0.6) is 0 Å². The number of aryl methyl sites for hydroxylation is 2. The molecule has 0 radical (unpaired) electrons. The number of rotatable bonds is 3. The SMILES string of the molecule is Cc1ccc(-c2nc3c(C)cccn3c2CN2CCCNCC2)cc1. The van der Waals surface area contributed by atoms with Crippen molar-refractivity contribution in [1.29, 1.82) is 0 Å². The maximum atomic E-state index is 5.02. The number of fused-ring (bicyclic) bond motifs is 1. The van der Waals surface area contributed by atoms with Gasteiger partial charge in [-0.1, -0.05) is 35.9 Å². The van der Waals surface area contributed by atoms with Gasteiger partial charge in [-0.25, -0.2) is 4.98 Å². The van der Waals surface area contributed by atoms with E-state index in [1.54, 1.807) is 0 Å². The van der Waals surface area contributed by atoms with E-state index in [0.29, 0.717) is 0 Å². The van der Waals surface area contributed by atoms with Crippen LogP contribution in [0.4, 0.5) is 0 Å². The largest absolute Gasteiger partial charge is 0.315 e. The molecule has 1 fully saturated rings. The summed E-state index contributed by atoms with van der Waals surface area (Å²) in [6.07, 6.45) is 3.36. The molecule has 0 saturated carbocycles. The van der Waals surface area contributed by atoms with Gasteiger partial charge in [0.15, 0.2) is 0 Å². The van der Waals surface area contributed by atoms with Gasteiger partial charge in [0.1, 0.15) is 5.65 Å². The van der Waals surface area contributed by atoms with Crippen LogP contribution in [-0.4, -0.2) is 40.5 Å². The molecule has 0 amide bonds. The molecule has 3 aromatic rings. The van der Waals surface area contributed by atoms with Gasteiger partial charge in [0.05, 0.1) is 11.4 Å². The van der Waals surface area contributed by atoms with Crippen molar-refractivity contribution in [2.45, 2.75) is 26.8 Å². The number of hydrogen-bond donors (Lipinski definition) is 1. The first-order valence-electron chi connectivity index (χ1n) is 9.19. The van der Waals surface area contributed by atoms with Gasteiger partial charge in [-0.15, -0.1) is 0 Å². The molecule has 2 aromatic heterocycles. The standard InChI is InChI=1S/C21H26N4/c1-16-6-8-18(9-7-16)20-19(15-24-12-4-10-22-11-14-24)25-13-3-5-17(2)21(25)23-20/h3,5-9,13,22H,4,10-12,14-15H2,1-2H3. The van der Waals surface area contributed by atoms with E-state index in [4.69, 9.17) is 4.98 Å². The maximum absolute atomic E-state index is 5.02. The predicted molar refractivity (Wildman–Crippen MR) is 103 cm³/mol. The Kier molecular flexibility index (Phi) is 4.55. The Hall–Kier alpha value is -2.17. The zero-order valence-corrected chi connectivity index (χ0v) is 15.1. The van der Waals surface area contributed by atoms with Gasteiger partial charge >= 0.3 is 0 Å². The van der Waals surface area contributed by atoms with Crippen molar-refractivity contribution in [1.82, 2.24) is 19.6 Å². The summed E-state index contributed by atoms with van der Waals surface area (Å²) in [5, 5.41) is 3.49. The number of hydrogen-bond acceptors (Lipinski definition) is 3. The number of benzene rings is 1. The molecule has 3 heterocycles. The van der Waals surface area contributed by atoms with Gasteiger partial charge in [-0.2, -0.15) is 0 Å². The second-order valence-electron chi connectivity index (χ2n) is 7.04. The van der Waals surface area contributed by atoms with Gasteiger partial charge in [-0.3, -0.25) is 4.90 Å². The Bertz CT molecular complexity index is 855. The molecule has 1 aromatic carbocycles. The molecular formula is C21H26N4. The number of nitrogens with one attached hydrogen (secondary N) is 1. The molecule has 1 N–H and O–H groups in total. The van der Waals surface area contributed by atoms with E-state index in [1.807, 2.05) is 0 Å². The summed E-state index contributed by atoms with van der Waals surface area (Å²) in [6, 6.07) is 13.0. The Morgan fingerprint density at radius 3 is 2.72 bits per heavy atom. The van der Waals surface area contributed by atoms with Crippen LogP contribution in [0.15, 0.2) is 42.6 Å². The fourth-order valence-corrected chi connectivity index (χ4v) is 3.62. The van der Waals surface area contributed by atoms with Crippen molar-refractivity contribution in [3.8, 4) is 11.3 Å². The summed E-state index contributed by atoms with van der Waals surface area (Å²) in [4.78, 5) is 7.57. The van der Waals surface area contributed by atoms with Crippen LogP contribution >= 0.6 is 0 Å². The molecule has 0 bridgehead atoms. The van der Waals surface area contributed by atoms with Crippen LogP contribution < -0.4 is 5.32 Å². The highest BCUT2D eigenvalue weighted by Gasteiger charge is 2.18. The summed E-state index contributed by atoms with van der Waals surface area (Å²) in [6.45, 7) is 9.62. The molecule has 25 heavy (non-hydrogen) atoms. The zero-order chi connectivity index (χ0) is 17.2. The van der Waals surface area contributed by atoms with E-state index in [1.165, 1.54) is 28.8 Å². The molecule has 4 nitrogen and oxygen atoms in total. The number of aromatic nitrogens is 2. The molecule has 0 atom stereocenters. The highest BCUT2D eigenvalue weighted by molar-refractivity contribution is 5.68. The number of pyridine rings is 1. The van der Waals surface area contributed by atoms with Crippen LogP contribution in [0.3, 0.4) is 0 Å². The lowest BCUT2D eigenvalue weighted by Crippen LogP contribution is -2.28. The average molecular weight is 334 g/mol. The Morgan fingerprint density at radius 1 is 1.04 bits per heavy atom. The average Bonchev–Trinajstić information content (AvgIpc) is 2.79. The van der Waals surface area contributed by atoms with E-state index in [-0.39, 0.29) is 0 Å². The molecular weight excluding hydrogens is 308 g/mol. The number of nitrogens with zero attached hydrogens (tertiary/aromatic N) is 3. The molecule has 4 heteroatoms. The van der Waals surface area contributed by atoms with Crippen molar-refractivity contribution in [3.63, 3.8) is 0 Å². The highest BCUT2D eigenvalue weighted by atomic mass is 15.2. The van der Waals surface area contributed by atoms with Crippen LogP contribution in [0.1, 0.15) is 23.2 Å². The molecule has 0 aliphatic carbocycles. The second-order valence-corrected chi connectivity index (χ2v) is 7.04. The van der Waals surface area contributed by atoms with E-state index < -0.39 is 0 Å². The topological polar surface area (TPSA) is 32.6 Å². The third-order valence-electron chi connectivity index (χ3n) is 5.08. The second kappa shape index (κ2) is 6.98. The Morgan fingerprint density at radius 2 is 1.88 bits per heavy atom. The summed E-state index contributed by atoms with van der Waals surface area (Å²) in [7, 11) is 0. The Labute approximate surface area is 149 Å². The van der Waals surface area contributed by atoms with E-state index in [0.717, 1.165) is 44.1 Å². The minimum atomic E-state index is 0.940. The lowest BCUT2D eigenvalue weighted by atomic mass is 10.1. The normalized spacial score (nSPS) is 16.2.